The molecule has 1 heterocycles. The fourth-order valence-corrected chi connectivity index (χ4v) is 3.17. The number of hydrogen-bond acceptors (Lipinski definition) is 2. The molecule has 0 aromatic rings. The zero-order valence-corrected chi connectivity index (χ0v) is 13.1. The zero-order valence-electron chi connectivity index (χ0n) is 13.1. The Morgan fingerprint density at radius 2 is 1.72 bits per heavy atom. The Bertz CT molecular complexity index is 267. The van der Waals surface area contributed by atoms with Crippen LogP contribution in [-0.4, -0.2) is 36.1 Å². The van der Waals surface area contributed by atoms with Crippen molar-refractivity contribution in [3.63, 3.8) is 0 Å². The highest BCUT2D eigenvalue weighted by atomic mass is 15.2. The monoisotopic (exact) mass is 252 g/mol. The predicted octanol–water partition coefficient (Wildman–Crippen LogP) is 3.28. The van der Waals surface area contributed by atoms with Crippen LogP contribution in [0.25, 0.3) is 0 Å². The molecule has 2 aliphatic rings. The molecule has 2 fully saturated rings. The van der Waals surface area contributed by atoms with E-state index in [9.17, 15) is 0 Å². The molecule has 0 aromatic carbocycles. The summed E-state index contributed by atoms with van der Waals surface area (Å²) in [5.41, 5.74) is 0.851. The van der Waals surface area contributed by atoms with Crippen molar-refractivity contribution in [2.24, 2.45) is 11.3 Å². The first-order valence-corrected chi connectivity index (χ1v) is 7.76. The summed E-state index contributed by atoms with van der Waals surface area (Å²) in [4.78, 5) is 2.77. The van der Waals surface area contributed by atoms with Gasteiger partial charge in [-0.3, -0.25) is 0 Å². The summed E-state index contributed by atoms with van der Waals surface area (Å²) >= 11 is 0. The van der Waals surface area contributed by atoms with Gasteiger partial charge in [0.15, 0.2) is 0 Å². The molecule has 0 radical (unpaired) electrons. The Hall–Kier alpha value is -0.0800. The molecule has 1 aliphatic carbocycles. The molecule has 2 rings (SSSR count). The molecule has 1 saturated carbocycles. The summed E-state index contributed by atoms with van der Waals surface area (Å²) in [7, 11) is 0. The van der Waals surface area contributed by atoms with Crippen molar-refractivity contribution in [1.82, 2.24) is 10.2 Å². The van der Waals surface area contributed by atoms with E-state index in [0.29, 0.717) is 5.41 Å². The smallest absolute Gasteiger partial charge is 0.0136 e. The predicted molar refractivity (Wildman–Crippen MR) is 78.9 cm³/mol. The molecule has 1 N–H and O–H groups in total. The molecule has 2 nitrogen and oxygen atoms in total. The van der Waals surface area contributed by atoms with Crippen LogP contribution in [0.2, 0.25) is 0 Å². The van der Waals surface area contributed by atoms with Crippen molar-refractivity contribution in [3.8, 4) is 0 Å². The molecule has 0 aromatic heterocycles. The van der Waals surface area contributed by atoms with Crippen LogP contribution in [0.1, 0.15) is 60.3 Å². The van der Waals surface area contributed by atoms with Gasteiger partial charge in [0, 0.05) is 11.6 Å². The highest BCUT2D eigenvalue weighted by Gasteiger charge is 2.38. The van der Waals surface area contributed by atoms with Gasteiger partial charge in [-0.1, -0.05) is 13.8 Å². The number of piperidine rings is 1. The largest absolute Gasteiger partial charge is 0.312 e. The molecule has 1 aliphatic heterocycles. The van der Waals surface area contributed by atoms with Gasteiger partial charge in [0.25, 0.3) is 0 Å². The summed E-state index contributed by atoms with van der Waals surface area (Å²) in [5.74, 6) is 0.894. The molecule has 2 heteroatoms. The van der Waals surface area contributed by atoms with Gasteiger partial charge in [-0.05, 0) is 77.4 Å². The highest BCUT2D eigenvalue weighted by Crippen LogP contribution is 2.37. The fraction of sp³-hybridized carbons (Fsp3) is 1.00. The van der Waals surface area contributed by atoms with Gasteiger partial charge in [0.2, 0.25) is 0 Å². The van der Waals surface area contributed by atoms with Crippen molar-refractivity contribution in [2.45, 2.75) is 71.9 Å². The van der Waals surface area contributed by atoms with E-state index in [1.54, 1.807) is 0 Å². The van der Waals surface area contributed by atoms with Crippen molar-refractivity contribution >= 4 is 0 Å². The topological polar surface area (TPSA) is 15.3 Å². The minimum Gasteiger partial charge on any atom is -0.312 e. The minimum atomic E-state index is 0.268. The third-order valence-corrected chi connectivity index (χ3v) is 4.89. The van der Waals surface area contributed by atoms with E-state index >= 15 is 0 Å². The molecular formula is C16H32N2. The van der Waals surface area contributed by atoms with Crippen LogP contribution < -0.4 is 5.32 Å². The van der Waals surface area contributed by atoms with Crippen LogP contribution in [0, 0.1) is 11.3 Å². The average molecular weight is 252 g/mol. The zero-order chi connectivity index (χ0) is 13.4. The van der Waals surface area contributed by atoms with Crippen LogP contribution in [0.5, 0.6) is 0 Å². The Labute approximate surface area is 114 Å². The van der Waals surface area contributed by atoms with Gasteiger partial charge in [-0.15, -0.1) is 0 Å². The van der Waals surface area contributed by atoms with Crippen LogP contribution in [0.3, 0.4) is 0 Å². The van der Waals surface area contributed by atoms with E-state index in [4.69, 9.17) is 0 Å². The lowest BCUT2D eigenvalue weighted by Gasteiger charge is -2.49. The van der Waals surface area contributed by atoms with E-state index in [1.165, 1.54) is 45.3 Å². The normalized spacial score (nSPS) is 33.2. The maximum atomic E-state index is 3.68. The first-order chi connectivity index (χ1) is 8.27. The molecule has 2 atom stereocenters. The second-order valence-electron chi connectivity index (χ2n) is 8.24. The van der Waals surface area contributed by atoms with Gasteiger partial charge in [0.05, 0.1) is 0 Å². The van der Waals surface area contributed by atoms with Crippen LogP contribution in [0.4, 0.5) is 0 Å². The molecular weight excluding hydrogens is 220 g/mol. The summed E-state index contributed by atoms with van der Waals surface area (Å²) in [5, 5.41) is 3.68. The second kappa shape index (κ2) is 5.13. The molecule has 2 unspecified atom stereocenters. The standard InChI is InChI=1S/C16H32N2/c1-15(2,3)17-12-13-6-7-14(13)18-10-8-16(4,5)9-11-18/h13-14,17H,6-12H2,1-5H3. The van der Waals surface area contributed by atoms with Crippen molar-refractivity contribution < 1.29 is 0 Å². The third kappa shape index (κ3) is 3.71. The lowest BCUT2D eigenvalue weighted by molar-refractivity contribution is 0.0158. The Morgan fingerprint density at radius 1 is 1.11 bits per heavy atom. The van der Waals surface area contributed by atoms with E-state index in [-0.39, 0.29) is 5.54 Å². The molecule has 1 saturated heterocycles. The van der Waals surface area contributed by atoms with E-state index in [1.807, 2.05) is 0 Å². The molecule has 18 heavy (non-hydrogen) atoms. The van der Waals surface area contributed by atoms with Gasteiger partial charge < -0.3 is 10.2 Å². The summed E-state index contributed by atoms with van der Waals surface area (Å²) in [6.07, 6.45) is 5.61. The average Bonchev–Trinajstić information content (AvgIpc) is 2.18. The minimum absolute atomic E-state index is 0.268. The van der Waals surface area contributed by atoms with Gasteiger partial charge in [0.1, 0.15) is 0 Å². The summed E-state index contributed by atoms with van der Waals surface area (Å²) in [6, 6.07) is 0.871. The van der Waals surface area contributed by atoms with E-state index in [0.717, 1.165) is 12.0 Å². The van der Waals surface area contributed by atoms with Crippen LogP contribution in [0.15, 0.2) is 0 Å². The van der Waals surface area contributed by atoms with Gasteiger partial charge >= 0.3 is 0 Å². The van der Waals surface area contributed by atoms with E-state index < -0.39 is 0 Å². The Morgan fingerprint density at radius 3 is 2.17 bits per heavy atom. The number of likely N-dealkylation sites (tertiary alicyclic amines) is 1. The Kier molecular flexibility index (Phi) is 4.08. The number of nitrogens with one attached hydrogen (secondary N) is 1. The SMILES string of the molecule is CC1(C)CCN(C2CCC2CNC(C)(C)C)CC1. The van der Waals surface area contributed by atoms with Gasteiger partial charge in [-0.2, -0.15) is 0 Å². The summed E-state index contributed by atoms with van der Waals surface area (Å²) in [6.45, 7) is 15.5. The first kappa shape index (κ1) is 14.3. The maximum absolute atomic E-state index is 3.68. The lowest BCUT2D eigenvalue weighted by atomic mass is 9.75. The fourth-order valence-electron chi connectivity index (χ4n) is 3.17. The highest BCUT2D eigenvalue weighted by molar-refractivity contribution is 4.93. The summed E-state index contributed by atoms with van der Waals surface area (Å²) < 4.78 is 0. The molecule has 106 valence electrons. The van der Waals surface area contributed by atoms with Gasteiger partial charge in [-0.25, -0.2) is 0 Å². The molecule has 0 amide bonds. The van der Waals surface area contributed by atoms with Crippen LogP contribution >= 0.6 is 0 Å². The third-order valence-electron chi connectivity index (χ3n) is 4.89. The molecule has 0 spiro atoms. The van der Waals surface area contributed by atoms with E-state index in [2.05, 4.69) is 44.8 Å². The molecule has 0 bridgehead atoms. The Balaban J connectivity index is 1.77. The van der Waals surface area contributed by atoms with Crippen molar-refractivity contribution in [2.75, 3.05) is 19.6 Å². The lowest BCUT2D eigenvalue weighted by Crippen LogP contribution is -2.55. The first-order valence-electron chi connectivity index (χ1n) is 7.76. The van der Waals surface area contributed by atoms with Crippen LogP contribution in [-0.2, 0) is 0 Å². The quantitative estimate of drug-likeness (QED) is 0.829. The number of hydrogen-bond donors (Lipinski definition) is 1. The second-order valence-corrected chi connectivity index (χ2v) is 8.24. The maximum Gasteiger partial charge on any atom is 0.0136 e. The van der Waals surface area contributed by atoms with Crippen molar-refractivity contribution in [1.29, 1.82) is 0 Å². The number of rotatable bonds is 3. The number of nitrogens with zero attached hydrogens (tertiary/aromatic N) is 1. The van der Waals surface area contributed by atoms with Crippen molar-refractivity contribution in [3.05, 3.63) is 0 Å².